The summed E-state index contributed by atoms with van der Waals surface area (Å²) in [4.78, 5) is 0. The van der Waals surface area contributed by atoms with Crippen LogP contribution < -0.4 is 10.7 Å². The van der Waals surface area contributed by atoms with Gasteiger partial charge in [-0.25, -0.2) is 5.01 Å². The van der Waals surface area contributed by atoms with Crippen molar-refractivity contribution < 1.29 is 4.74 Å². The maximum atomic E-state index is 9.49. The number of rotatable bonds is 3. The molecule has 0 bridgehead atoms. The third kappa shape index (κ3) is 3.09. The summed E-state index contributed by atoms with van der Waals surface area (Å²) >= 11 is 0. The largest absolute Gasteiger partial charge is 0.383 e. The zero-order valence-corrected chi connectivity index (χ0v) is 13.8. The number of fused-ring (bicyclic) bond motifs is 1. The molecule has 1 aromatic rings. The summed E-state index contributed by atoms with van der Waals surface area (Å²) in [7, 11) is 0. The second-order valence-electron chi connectivity index (χ2n) is 5.24. The van der Waals surface area contributed by atoms with Gasteiger partial charge in [0.1, 0.15) is 17.5 Å². The highest BCUT2D eigenvalue weighted by Crippen LogP contribution is 2.31. The van der Waals surface area contributed by atoms with Crippen LogP contribution in [-0.2, 0) is 11.2 Å². The topological polar surface area (TPSA) is 74.6 Å². The van der Waals surface area contributed by atoms with Crippen LogP contribution in [0.2, 0.25) is 0 Å². The summed E-state index contributed by atoms with van der Waals surface area (Å²) in [5.74, 6) is 0.378. The number of aryl methyl sites for hydroxylation is 1. The zero-order valence-electron chi connectivity index (χ0n) is 13.0. The lowest BCUT2D eigenvalue weighted by atomic mass is 9.98. The van der Waals surface area contributed by atoms with Gasteiger partial charge in [-0.15, -0.1) is 12.4 Å². The molecule has 1 aromatic carbocycles. The Kier molecular flexibility index (Phi) is 5.43. The van der Waals surface area contributed by atoms with Gasteiger partial charge in [-0.2, -0.15) is 10.4 Å². The summed E-state index contributed by atoms with van der Waals surface area (Å²) in [6.07, 6.45) is 3.83. The number of ether oxygens (including phenoxy) is 1. The van der Waals surface area contributed by atoms with Gasteiger partial charge < -0.3 is 10.5 Å². The standard InChI is InChI=1S/C17H18N4O.ClH/c1-2-5-12-6-3-4-7-16(12)21-17(19)14(10-18)13-8-9-22-11-15(13)20-21;/h3-4,6-8H,2,5,9,11,19H2,1H3;1H. The molecular weight excluding hydrogens is 312 g/mol. The van der Waals surface area contributed by atoms with Gasteiger partial charge in [-0.3, -0.25) is 0 Å². The molecule has 2 heterocycles. The lowest BCUT2D eigenvalue weighted by molar-refractivity contribution is 0.199. The predicted molar refractivity (Wildman–Crippen MR) is 93.3 cm³/mol. The number of allylic oxidation sites excluding steroid dienone is 1. The quantitative estimate of drug-likeness (QED) is 0.924. The predicted octanol–water partition coefficient (Wildman–Crippen LogP) is 2.89. The molecule has 0 fully saturated rings. The second-order valence-corrected chi connectivity index (χ2v) is 5.24. The van der Waals surface area contributed by atoms with E-state index in [-0.39, 0.29) is 12.4 Å². The van der Waals surface area contributed by atoms with Gasteiger partial charge in [0.15, 0.2) is 0 Å². The van der Waals surface area contributed by atoms with Crippen LogP contribution in [0.4, 0.5) is 5.69 Å². The SMILES string of the molecule is CCCc1ccccc1N1N=C2COCC=C2C(C#N)=C1N.Cl. The Labute approximate surface area is 142 Å². The molecule has 0 radical (unpaired) electrons. The zero-order chi connectivity index (χ0) is 15.5. The van der Waals surface area contributed by atoms with Crippen molar-refractivity contribution in [2.24, 2.45) is 10.8 Å². The normalized spacial score (nSPS) is 16.8. The number of hydrogen-bond acceptors (Lipinski definition) is 5. The molecule has 2 aliphatic rings. The van der Waals surface area contributed by atoms with Crippen LogP contribution in [0.3, 0.4) is 0 Å². The van der Waals surface area contributed by atoms with Crippen molar-refractivity contribution in [3.8, 4) is 6.07 Å². The molecule has 6 heteroatoms. The van der Waals surface area contributed by atoms with Crippen LogP contribution in [0, 0.1) is 11.3 Å². The maximum absolute atomic E-state index is 9.49. The molecular formula is C17H19ClN4O. The third-order valence-electron chi connectivity index (χ3n) is 3.78. The second kappa shape index (κ2) is 7.32. The van der Waals surface area contributed by atoms with Gasteiger partial charge in [-0.05, 0) is 24.1 Å². The van der Waals surface area contributed by atoms with E-state index < -0.39 is 0 Å². The minimum atomic E-state index is 0. The van der Waals surface area contributed by atoms with Gasteiger partial charge in [-0.1, -0.05) is 31.5 Å². The van der Waals surface area contributed by atoms with E-state index in [1.165, 1.54) is 5.56 Å². The number of benzene rings is 1. The lowest BCUT2D eigenvalue weighted by Gasteiger charge is -2.30. The first-order valence-corrected chi connectivity index (χ1v) is 7.40. The Hall–Kier alpha value is -2.29. The molecule has 23 heavy (non-hydrogen) atoms. The molecule has 0 aliphatic carbocycles. The minimum Gasteiger partial charge on any atom is -0.383 e. The molecule has 0 saturated heterocycles. The lowest BCUT2D eigenvalue weighted by Crippen LogP contribution is -2.34. The average molecular weight is 331 g/mol. The van der Waals surface area contributed by atoms with Crippen molar-refractivity contribution in [1.29, 1.82) is 5.26 Å². The van der Waals surface area contributed by atoms with Gasteiger partial charge in [0.25, 0.3) is 0 Å². The fourth-order valence-corrected chi connectivity index (χ4v) is 2.74. The average Bonchev–Trinajstić information content (AvgIpc) is 2.55. The summed E-state index contributed by atoms with van der Waals surface area (Å²) in [6, 6.07) is 10.2. The molecule has 0 atom stereocenters. The maximum Gasteiger partial charge on any atom is 0.144 e. The van der Waals surface area contributed by atoms with Gasteiger partial charge in [0, 0.05) is 5.57 Å². The summed E-state index contributed by atoms with van der Waals surface area (Å²) < 4.78 is 5.42. The van der Waals surface area contributed by atoms with E-state index in [1.807, 2.05) is 24.3 Å². The fraction of sp³-hybridized carbons (Fsp3) is 0.294. The third-order valence-corrected chi connectivity index (χ3v) is 3.78. The fourth-order valence-electron chi connectivity index (χ4n) is 2.74. The van der Waals surface area contributed by atoms with Crippen LogP contribution in [-0.4, -0.2) is 18.9 Å². The smallest absolute Gasteiger partial charge is 0.144 e. The number of nitrogens with two attached hydrogens (primary N) is 1. The Balaban J connectivity index is 0.00000192. The van der Waals surface area contributed by atoms with Gasteiger partial charge in [0.2, 0.25) is 0 Å². The monoisotopic (exact) mass is 330 g/mol. The first-order valence-electron chi connectivity index (χ1n) is 7.40. The Morgan fingerprint density at radius 2 is 2.17 bits per heavy atom. The number of nitrogens with zero attached hydrogens (tertiary/aromatic N) is 3. The van der Waals surface area contributed by atoms with Crippen molar-refractivity contribution in [3.63, 3.8) is 0 Å². The number of anilines is 1. The highest BCUT2D eigenvalue weighted by Gasteiger charge is 2.28. The number of hydrogen-bond donors (Lipinski definition) is 1. The molecule has 5 nitrogen and oxygen atoms in total. The summed E-state index contributed by atoms with van der Waals surface area (Å²) in [5, 5.41) is 15.8. The molecule has 0 saturated carbocycles. The number of para-hydroxylation sites is 1. The number of hydrazone groups is 1. The highest BCUT2D eigenvalue weighted by molar-refractivity contribution is 6.08. The molecule has 0 spiro atoms. The Morgan fingerprint density at radius 1 is 1.39 bits per heavy atom. The Morgan fingerprint density at radius 3 is 2.91 bits per heavy atom. The van der Waals surface area contributed by atoms with Crippen LogP contribution in [0.1, 0.15) is 18.9 Å². The van der Waals surface area contributed by atoms with Gasteiger partial charge >= 0.3 is 0 Å². The van der Waals surface area contributed by atoms with Crippen LogP contribution in [0.25, 0.3) is 0 Å². The van der Waals surface area contributed by atoms with E-state index in [1.54, 1.807) is 5.01 Å². The number of halogens is 1. The summed E-state index contributed by atoms with van der Waals surface area (Å²) in [5.41, 5.74) is 10.3. The van der Waals surface area contributed by atoms with Crippen molar-refractivity contribution in [1.82, 2.24) is 0 Å². The summed E-state index contributed by atoms with van der Waals surface area (Å²) in [6.45, 7) is 3.02. The van der Waals surface area contributed by atoms with E-state index in [4.69, 9.17) is 10.5 Å². The van der Waals surface area contributed by atoms with E-state index in [0.29, 0.717) is 24.6 Å². The minimum absolute atomic E-state index is 0. The van der Waals surface area contributed by atoms with Crippen LogP contribution in [0.5, 0.6) is 0 Å². The first-order chi connectivity index (χ1) is 10.8. The highest BCUT2D eigenvalue weighted by atomic mass is 35.5. The molecule has 0 amide bonds. The molecule has 120 valence electrons. The molecule has 2 N–H and O–H groups in total. The van der Waals surface area contributed by atoms with Crippen molar-refractivity contribution in [2.75, 3.05) is 18.2 Å². The van der Waals surface area contributed by atoms with E-state index in [9.17, 15) is 5.26 Å². The van der Waals surface area contributed by atoms with E-state index >= 15 is 0 Å². The van der Waals surface area contributed by atoms with Crippen molar-refractivity contribution in [3.05, 3.63) is 52.9 Å². The first kappa shape index (κ1) is 17.1. The van der Waals surface area contributed by atoms with E-state index in [2.05, 4.69) is 24.2 Å². The van der Waals surface area contributed by atoms with Crippen LogP contribution in [0.15, 0.2) is 52.4 Å². The Bertz CT molecular complexity index is 730. The van der Waals surface area contributed by atoms with Crippen LogP contribution >= 0.6 is 12.4 Å². The molecule has 0 unspecified atom stereocenters. The number of nitriles is 1. The van der Waals surface area contributed by atoms with E-state index in [0.717, 1.165) is 29.8 Å². The van der Waals surface area contributed by atoms with Gasteiger partial charge in [0.05, 0.1) is 24.6 Å². The molecule has 3 rings (SSSR count). The molecule has 0 aromatic heterocycles. The molecule has 2 aliphatic heterocycles. The van der Waals surface area contributed by atoms with Crippen molar-refractivity contribution in [2.45, 2.75) is 19.8 Å². The van der Waals surface area contributed by atoms with Crippen molar-refractivity contribution >= 4 is 23.8 Å².